The van der Waals surface area contributed by atoms with Gasteiger partial charge in [-0.3, -0.25) is 14.2 Å². The predicted octanol–water partition coefficient (Wildman–Crippen LogP) is 1.65. The van der Waals surface area contributed by atoms with Crippen LogP contribution in [0.15, 0.2) is 29.3 Å². The fraction of sp³-hybridized carbons (Fsp3) is 0.429. The Bertz CT molecular complexity index is 1150. The van der Waals surface area contributed by atoms with E-state index < -0.39 is 0 Å². The van der Waals surface area contributed by atoms with Gasteiger partial charge in [-0.2, -0.15) is 4.98 Å². The largest absolute Gasteiger partial charge is 0.497 e. The normalized spacial score (nSPS) is 14.5. The molecule has 0 bridgehead atoms. The molecule has 1 saturated heterocycles. The zero-order valence-electron chi connectivity index (χ0n) is 18.3. The minimum absolute atomic E-state index is 0.163. The lowest BCUT2D eigenvalue weighted by molar-refractivity contribution is -0.116. The highest BCUT2D eigenvalue weighted by Crippen LogP contribution is 2.27. The van der Waals surface area contributed by atoms with Gasteiger partial charge in [-0.25, -0.2) is 4.98 Å². The first-order valence-corrected chi connectivity index (χ1v) is 11.2. The third-order valence-corrected chi connectivity index (χ3v) is 6.51. The summed E-state index contributed by atoms with van der Waals surface area (Å²) in [7, 11) is 3.07. The molecule has 1 amide bonds. The molecule has 3 heterocycles. The van der Waals surface area contributed by atoms with E-state index in [4.69, 9.17) is 9.47 Å². The average Bonchev–Trinajstić information content (AvgIpc) is 3.26. The predicted molar refractivity (Wildman–Crippen MR) is 124 cm³/mol. The smallest absolute Gasteiger partial charge is 0.273 e. The van der Waals surface area contributed by atoms with Gasteiger partial charge in [0.05, 0.1) is 14.2 Å². The highest BCUT2D eigenvalue weighted by Gasteiger charge is 2.21. The minimum Gasteiger partial charge on any atom is -0.497 e. The van der Waals surface area contributed by atoms with Crippen molar-refractivity contribution in [1.29, 1.82) is 0 Å². The third-order valence-electron chi connectivity index (χ3n) is 5.41. The van der Waals surface area contributed by atoms with Gasteiger partial charge < -0.3 is 24.6 Å². The molecule has 2 aromatic heterocycles. The van der Waals surface area contributed by atoms with E-state index in [-0.39, 0.29) is 18.0 Å². The maximum absolute atomic E-state index is 13.0. The van der Waals surface area contributed by atoms with Crippen molar-refractivity contribution in [3.8, 4) is 11.5 Å². The van der Waals surface area contributed by atoms with Crippen molar-refractivity contribution >= 4 is 38.4 Å². The average molecular weight is 459 g/mol. The number of ether oxygens (including phenoxy) is 2. The van der Waals surface area contributed by atoms with E-state index in [2.05, 4.69) is 32.0 Å². The second-order valence-corrected chi connectivity index (χ2v) is 8.38. The molecule has 1 aliphatic rings. The molecule has 11 heteroatoms. The highest BCUT2D eigenvalue weighted by atomic mass is 32.1. The van der Waals surface area contributed by atoms with Crippen molar-refractivity contribution < 1.29 is 14.3 Å². The van der Waals surface area contributed by atoms with Crippen molar-refractivity contribution in [1.82, 2.24) is 19.4 Å². The first kappa shape index (κ1) is 22.0. The number of carbonyl (C=O) groups excluding carboxylic acids is 1. The number of hydrogen-bond donors (Lipinski definition) is 1. The molecule has 0 spiro atoms. The summed E-state index contributed by atoms with van der Waals surface area (Å²) in [6.07, 6.45) is 1.37. The van der Waals surface area contributed by atoms with Crippen molar-refractivity contribution in [2.75, 3.05) is 57.2 Å². The molecule has 1 aliphatic heterocycles. The molecule has 170 valence electrons. The van der Waals surface area contributed by atoms with Crippen molar-refractivity contribution in [3.05, 3.63) is 34.9 Å². The summed E-state index contributed by atoms with van der Waals surface area (Å²) in [5.74, 6) is 0.748. The lowest BCUT2D eigenvalue weighted by Crippen LogP contribution is -2.46. The number of aromatic nitrogens is 3. The standard InChI is InChI=1S/C21H26N6O4S/c1-4-25-5-7-26(8-6-25)21-24-19-18(32-21)20(29)27(13-22-19)12-17(28)23-14-9-15(30-2)11-16(10-14)31-3/h9-11,13H,4-8,12H2,1-3H3,(H,23,28). The highest BCUT2D eigenvalue weighted by molar-refractivity contribution is 7.22. The second kappa shape index (κ2) is 9.53. The van der Waals surface area contributed by atoms with Crippen molar-refractivity contribution in [3.63, 3.8) is 0 Å². The van der Waals surface area contributed by atoms with E-state index in [9.17, 15) is 9.59 Å². The molecule has 32 heavy (non-hydrogen) atoms. The fourth-order valence-corrected chi connectivity index (χ4v) is 4.59. The van der Waals surface area contributed by atoms with Gasteiger partial charge in [-0.1, -0.05) is 18.3 Å². The molecular weight excluding hydrogens is 432 g/mol. The Labute approximate surface area is 189 Å². The molecular formula is C21H26N6O4S. The lowest BCUT2D eigenvalue weighted by atomic mass is 10.2. The topological polar surface area (TPSA) is 102 Å². The van der Waals surface area contributed by atoms with Crippen LogP contribution in [0, 0.1) is 0 Å². The number of thiazole rings is 1. The molecule has 1 N–H and O–H groups in total. The van der Waals surface area contributed by atoms with Crippen LogP contribution in [0.3, 0.4) is 0 Å². The van der Waals surface area contributed by atoms with Crippen LogP contribution in [0.25, 0.3) is 10.3 Å². The monoisotopic (exact) mass is 458 g/mol. The number of nitrogens with one attached hydrogen (secondary N) is 1. The van der Waals surface area contributed by atoms with Gasteiger partial charge in [0.1, 0.15) is 29.1 Å². The molecule has 0 saturated carbocycles. The SMILES string of the molecule is CCN1CCN(c2nc3ncn(CC(=O)Nc4cc(OC)cc(OC)c4)c(=O)c3s2)CC1. The summed E-state index contributed by atoms with van der Waals surface area (Å²) >= 11 is 1.33. The molecule has 1 fully saturated rings. The van der Waals surface area contributed by atoms with Crippen LogP contribution >= 0.6 is 11.3 Å². The molecule has 4 rings (SSSR count). The van der Waals surface area contributed by atoms with Crippen LogP contribution < -0.4 is 25.2 Å². The number of nitrogens with zero attached hydrogens (tertiary/aromatic N) is 5. The first-order chi connectivity index (χ1) is 15.5. The van der Waals surface area contributed by atoms with Gasteiger partial charge in [0, 0.05) is 50.1 Å². The van der Waals surface area contributed by atoms with Crippen LogP contribution in [-0.4, -0.2) is 72.3 Å². The Hall–Kier alpha value is -3.18. The van der Waals surface area contributed by atoms with E-state index in [0.717, 1.165) is 37.9 Å². The van der Waals surface area contributed by atoms with Gasteiger partial charge in [0.15, 0.2) is 10.8 Å². The molecule has 1 aromatic carbocycles. The number of benzene rings is 1. The quantitative estimate of drug-likeness (QED) is 0.570. The number of methoxy groups -OCH3 is 2. The molecule has 0 unspecified atom stereocenters. The van der Waals surface area contributed by atoms with E-state index in [1.165, 1.54) is 36.5 Å². The number of fused-ring (bicyclic) bond motifs is 1. The van der Waals surface area contributed by atoms with Gasteiger partial charge in [-0.15, -0.1) is 0 Å². The maximum Gasteiger partial charge on any atom is 0.273 e. The zero-order valence-corrected chi connectivity index (χ0v) is 19.1. The third kappa shape index (κ3) is 4.68. The summed E-state index contributed by atoms with van der Waals surface area (Å²) in [6.45, 7) is 6.70. The Morgan fingerprint density at radius 1 is 1.12 bits per heavy atom. The van der Waals surface area contributed by atoms with Crippen molar-refractivity contribution in [2.45, 2.75) is 13.5 Å². The summed E-state index contributed by atoms with van der Waals surface area (Å²) in [4.78, 5) is 39.0. The number of anilines is 2. The number of hydrogen-bond acceptors (Lipinski definition) is 9. The Morgan fingerprint density at radius 2 is 1.81 bits per heavy atom. The van der Waals surface area contributed by atoms with Crippen LogP contribution in [0.4, 0.5) is 10.8 Å². The number of carbonyl (C=O) groups is 1. The molecule has 10 nitrogen and oxygen atoms in total. The van der Waals surface area contributed by atoms with Crippen molar-refractivity contribution in [2.24, 2.45) is 0 Å². The van der Waals surface area contributed by atoms with Gasteiger partial charge in [-0.05, 0) is 6.54 Å². The molecule has 0 atom stereocenters. The van der Waals surface area contributed by atoms with Crippen LogP contribution in [0.2, 0.25) is 0 Å². The number of rotatable bonds is 7. The number of piperazine rings is 1. The summed E-state index contributed by atoms with van der Waals surface area (Å²) in [5, 5.41) is 3.57. The molecule has 0 radical (unpaired) electrons. The Balaban J connectivity index is 1.49. The van der Waals surface area contributed by atoms with Gasteiger partial charge >= 0.3 is 0 Å². The van der Waals surface area contributed by atoms with Crippen LogP contribution in [0.1, 0.15) is 6.92 Å². The zero-order chi connectivity index (χ0) is 22.7. The van der Waals surface area contributed by atoms with E-state index in [1.807, 2.05) is 0 Å². The van der Waals surface area contributed by atoms with E-state index >= 15 is 0 Å². The summed E-state index contributed by atoms with van der Waals surface area (Å²) in [5.41, 5.74) is 0.658. The van der Waals surface area contributed by atoms with Gasteiger partial charge in [0.2, 0.25) is 5.91 Å². The summed E-state index contributed by atoms with van der Waals surface area (Å²) in [6, 6.07) is 5.07. The van der Waals surface area contributed by atoms with Gasteiger partial charge in [0.25, 0.3) is 5.56 Å². The lowest BCUT2D eigenvalue weighted by Gasteiger charge is -2.33. The molecule has 0 aliphatic carbocycles. The first-order valence-electron chi connectivity index (χ1n) is 10.4. The van der Waals surface area contributed by atoms with E-state index in [1.54, 1.807) is 18.2 Å². The number of amides is 1. The maximum atomic E-state index is 13.0. The van der Waals surface area contributed by atoms with Crippen LogP contribution in [-0.2, 0) is 11.3 Å². The van der Waals surface area contributed by atoms with Crippen LogP contribution in [0.5, 0.6) is 11.5 Å². The fourth-order valence-electron chi connectivity index (χ4n) is 3.57. The minimum atomic E-state index is -0.357. The Kier molecular flexibility index (Phi) is 6.56. The summed E-state index contributed by atoms with van der Waals surface area (Å²) < 4.78 is 12.2. The Morgan fingerprint density at radius 3 is 2.44 bits per heavy atom. The molecule has 3 aromatic rings. The second-order valence-electron chi connectivity index (χ2n) is 7.40. The number of likely N-dealkylation sites (N-methyl/N-ethyl adjacent to an activating group) is 1. The van der Waals surface area contributed by atoms with E-state index in [0.29, 0.717) is 27.5 Å².